The van der Waals surface area contributed by atoms with Crippen molar-refractivity contribution in [1.82, 2.24) is 10.6 Å². The molecule has 1 heterocycles. The molecule has 0 aliphatic carbocycles. The van der Waals surface area contributed by atoms with Gasteiger partial charge < -0.3 is 21.1 Å². The second kappa shape index (κ2) is 6.56. The fourth-order valence-electron chi connectivity index (χ4n) is 1.24. The van der Waals surface area contributed by atoms with Crippen molar-refractivity contribution in [3.05, 3.63) is 0 Å². The topological polar surface area (TPSA) is 93.4 Å². The lowest BCUT2D eigenvalue weighted by Gasteiger charge is -2.40. The largest absolute Gasteiger partial charge is 0.462 e. The van der Waals surface area contributed by atoms with Crippen LogP contribution in [0.25, 0.3) is 0 Å². The lowest BCUT2D eigenvalue weighted by molar-refractivity contribution is -0.138. The first-order valence-electron chi connectivity index (χ1n) is 5.64. The molecule has 0 aromatic carbocycles. The van der Waals surface area contributed by atoms with E-state index in [2.05, 4.69) is 15.4 Å². The number of primary amides is 1. The number of rotatable bonds is 4. The SMILES string of the molecule is CC(C)(C)OC=O.CCNC1(C(N)=O)CNC1. The molecular formula is C11H23N3O3. The smallest absolute Gasteiger partial charge is 0.293 e. The van der Waals surface area contributed by atoms with E-state index in [1.807, 2.05) is 27.7 Å². The minimum absolute atomic E-state index is 0.256. The Balaban J connectivity index is 0.000000325. The van der Waals surface area contributed by atoms with Gasteiger partial charge in [0.05, 0.1) is 0 Å². The van der Waals surface area contributed by atoms with Crippen molar-refractivity contribution >= 4 is 12.4 Å². The average molecular weight is 245 g/mol. The van der Waals surface area contributed by atoms with Crippen LogP contribution in [0.3, 0.4) is 0 Å². The molecule has 1 amide bonds. The fourth-order valence-corrected chi connectivity index (χ4v) is 1.24. The maximum Gasteiger partial charge on any atom is 0.293 e. The Morgan fingerprint density at radius 1 is 1.53 bits per heavy atom. The van der Waals surface area contributed by atoms with E-state index in [1.54, 1.807) is 0 Å². The van der Waals surface area contributed by atoms with Crippen molar-refractivity contribution in [2.75, 3.05) is 19.6 Å². The summed E-state index contributed by atoms with van der Waals surface area (Å²) >= 11 is 0. The van der Waals surface area contributed by atoms with Gasteiger partial charge in [-0.15, -0.1) is 0 Å². The molecule has 0 radical (unpaired) electrons. The molecule has 17 heavy (non-hydrogen) atoms. The highest BCUT2D eigenvalue weighted by Crippen LogP contribution is 2.08. The number of hydrogen-bond donors (Lipinski definition) is 3. The highest BCUT2D eigenvalue weighted by molar-refractivity contribution is 5.86. The van der Waals surface area contributed by atoms with Gasteiger partial charge in [-0.3, -0.25) is 9.59 Å². The number of amides is 1. The van der Waals surface area contributed by atoms with Crippen LogP contribution in [0.5, 0.6) is 0 Å². The number of nitrogens with two attached hydrogens (primary N) is 1. The van der Waals surface area contributed by atoms with Crippen molar-refractivity contribution in [3.63, 3.8) is 0 Å². The number of hydrogen-bond acceptors (Lipinski definition) is 5. The molecular weight excluding hydrogens is 222 g/mol. The molecule has 1 fully saturated rings. The van der Waals surface area contributed by atoms with Gasteiger partial charge in [0.25, 0.3) is 6.47 Å². The molecule has 4 N–H and O–H groups in total. The monoisotopic (exact) mass is 245 g/mol. The van der Waals surface area contributed by atoms with Gasteiger partial charge in [0.1, 0.15) is 11.1 Å². The van der Waals surface area contributed by atoms with E-state index in [4.69, 9.17) is 5.73 Å². The third-order valence-electron chi connectivity index (χ3n) is 2.24. The van der Waals surface area contributed by atoms with Crippen LogP contribution in [0.4, 0.5) is 0 Å². The summed E-state index contributed by atoms with van der Waals surface area (Å²) in [6.07, 6.45) is 0. The first-order chi connectivity index (χ1) is 7.77. The van der Waals surface area contributed by atoms with Gasteiger partial charge in [-0.2, -0.15) is 0 Å². The van der Waals surface area contributed by atoms with Crippen molar-refractivity contribution in [3.8, 4) is 0 Å². The van der Waals surface area contributed by atoms with Crippen LogP contribution in [-0.4, -0.2) is 43.2 Å². The van der Waals surface area contributed by atoms with Crippen LogP contribution in [0.2, 0.25) is 0 Å². The van der Waals surface area contributed by atoms with Crippen LogP contribution in [0, 0.1) is 0 Å². The third-order valence-corrected chi connectivity index (χ3v) is 2.24. The van der Waals surface area contributed by atoms with Gasteiger partial charge in [-0.05, 0) is 27.3 Å². The number of carbonyl (C=O) groups is 2. The molecule has 1 aliphatic rings. The Morgan fingerprint density at radius 3 is 2.12 bits per heavy atom. The van der Waals surface area contributed by atoms with Gasteiger partial charge in [0, 0.05) is 13.1 Å². The maximum absolute atomic E-state index is 10.8. The normalized spacial score (nSPS) is 17.2. The molecule has 1 rings (SSSR count). The lowest BCUT2D eigenvalue weighted by Crippen LogP contribution is -2.73. The molecule has 0 unspecified atom stereocenters. The van der Waals surface area contributed by atoms with E-state index in [9.17, 15) is 9.59 Å². The van der Waals surface area contributed by atoms with Crippen LogP contribution in [-0.2, 0) is 14.3 Å². The van der Waals surface area contributed by atoms with Gasteiger partial charge >= 0.3 is 0 Å². The number of nitrogens with one attached hydrogen (secondary N) is 2. The van der Waals surface area contributed by atoms with Crippen LogP contribution >= 0.6 is 0 Å². The standard InChI is InChI=1S/C6H13N3O.C5H10O2/c1-2-9-6(5(7)10)3-8-4-6;1-5(2,3)7-4-6/h8-9H,2-4H2,1H3,(H2,7,10);4H,1-3H3. The quantitative estimate of drug-likeness (QED) is 0.574. The first kappa shape index (κ1) is 15.9. The van der Waals surface area contributed by atoms with Crippen LogP contribution in [0.15, 0.2) is 0 Å². The summed E-state index contributed by atoms with van der Waals surface area (Å²) in [7, 11) is 0. The van der Waals surface area contributed by atoms with Gasteiger partial charge in [0.15, 0.2) is 0 Å². The summed E-state index contributed by atoms with van der Waals surface area (Å²) in [4.78, 5) is 20.4. The summed E-state index contributed by atoms with van der Waals surface area (Å²) < 4.78 is 4.55. The Hall–Kier alpha value is -1.14. The predicted octanol–water partition coefficient (Wildman–Crippen LogP) is -0.619. The van der Waals surface area contributed by atoms with Crippen LogP contribution in [0.1, 0.15) is 27.7 Å². The molecule has 0 saturated carbocycles. The Morgan fingerprint density at radius 2 is 2.06 bits per heavy atom. The molecule has 0 atom stereocenters. The van der Waals surface area contributed by atoms with E-state index in [0.29, 0.717) is 19.6 Å². The zero-order chi connectivity index (χ0) is 13.5. The Kier molecular flexibility index (Phi) is 6.12. The van der Waals surface area contributed by atoms with E-state index in [0.717, 1.165) is 6.54 Å². The molecule has 0 spiro atoms. The van der Waals surface area contributed by atoms with E-state index in [1.165, 1.54) is 0 Å². The van der Waals surface area contributed by atoms with Gasteiger partial charge in [-0.1, -0.05) is 6.92 Å². The molecule has 1 saturated heterocycles. The predicted molar refractivity (Wildman–Crippen MR) is 65.4 cm³/mol. The molecule has 0 aromatic heterocycles. The molecule has 6 nitrogen and oxygen atoms in total. The summed E-state index contributed by atoms with van der Waals surface area (Å²) in [5.41, 5.74) is 4.41. The van der Waals surface area contributed by atoms with Crippen molar-refractivity contribution in [2.24, 2.45) is 5.73 Å². The lowest BCUT2D eigenvalue weighted by atomic mass is 9.92. The second-order valence-electron chi connectivity index (χ2n) is 4.91. The van der Waals surface area contributed by atoms with Crippen molar-refractivity contribution < 1.29 is 14.3 Å². The zero-order valence-electron chi connectivity index (χ0n) is 11.0. The summed E-state index contributed by atoms with van der Waals surface area (Å²) in [5.74, 6) is -0.256. The number of likely N-dealkylation sites (N-methyl/N-ethyl adjacent to an activating group) is 1. The molecule has 0 bridgehead atoms. The highest BCUT2D eigenvalue weighted by Gasteiger charge is 2.41. The average Bonchev–Trinajstić information content (AvgIpc) is 2.09. The number of ether oxygens (including phenoxy) is 1. The first-order valence-corrected chi connectivity index (χ1v) is 5.64. The maximum atomic E-state index is 10.8. The van der Waals surface area contributed by atoms with E-state index >= 15 is 0 Å². The van der Waals surface area contributed by atoms with Gasteiger partial charge in [-0.25, -0.2) is 0 Å². The summed E-state index contributed by atoms with van der Waals surface area (Å²) in [6.45, 7) is 9.99. The van der Waals surface area contributed by atoms with Crippen LogP contribution < -0.4 is 16.4 Å². The van der Waals surface area contributed by atoms with Gasteiger partial charge in [0.2, 0.25) is 5.91 Å². The summed E-state index contributed by atoms with van der Waals surface area (Å²) in [6, 6.07) is 0. The molecule has 6 heteroatoms. The summed E-state index contributed by atoms with van der Waals surface area (Å²) in [5, 5.41) is 6.06. The zero-order valence-corrected chi connectivity index (χ0v) is 11.0. The second-order valence-corrected chi connectivity index (χ2v) is 4.91. The fraction of sp³-hybridized carbons (Fsp3) is 0.818. The third kappa shape index (κ3) is 5.65. The molecule has 1 aliphatic heterocycles. The van der Waals surface area contributed by atoms with Crippen molar-refractivity contribution in [1.29, 1.82) is 0 Å². The highest BCUT2D eigenvalue weighted by atomic mass is 16.5. The molecule has 0 aromatic rings. The Labute approximate surface area is 102 Å². The number of carbonyl (C=O) groups excluding carboxylic acids is 2. The van der Waals surface area contributed by atoms with E-state index in [-0.39, 0.29) is 11.5 Å². The Bertz CT molecular complexity index is 257. The van der Waals surface area contributed by atoms with E-state index < -0.39 is 5.54 Å². The minimum atomic E-state index is -0.450. The molecule has 100 valence electrons. The minimum Gasteiger partial charge on any atom is -0.462 e. The van der Waals surface area contributed by atoms with Crippen molar-refractivity contribution in [2.45, 2.75) is 38.8 Å².